The number of phenolic OH excluding ortho intramolecular Hbond substituents is 1. The lowest BCUT2D eigenvalue weighted by Gasteiger charge is -2.30. The van der Waals surface area contributed by atoms with Gasteiger partial charge in [-0.2, -0.15) is 13.2 Å². The molecular formula is C19H20F3N5O2. The van der Waals surface area contributed by atoms with Crippen molar-refractivity contribution in [2.75, 3.05) is 25.5 Å². The summed E-state index contributed by atoms with van der Waals surface area (Å²) >= 11 is 0. The Hall–Kier alpha value is -2.88. The molecule has 1 aliphatic heterocycles. The fourth-order valence-corrected chi connectivity index (χ4v) is 3.67. The number of piperidine rings is 1. The maximum Gasteiger partial charge on any atom is 0.416 e. The second kappa shape index (κ2) is 7.18. The van der Waals surface area contributed by atoms with Gasteiger partial charge in [0, 0.05) is 18.2 Å². The Morgan fingerprint density at radius 2 is 2.07 bits per heavy atom. The molecule has 0 saturated carbocycles. The molecule has 1 atom stereocenters. The first-order valence-corrected chi connectivity index (χ1v) is 9.22. The van der Waals surface area contributed by atoms with Crippen LogP contribution in [-0.4, -0.2) is 51.5 Å². The van der Waals surface area contributed by atoms with Gasteiger partial charge in [-0.25, -0.2) is 0 Å². The van der Waals surface area contributed by atoms with Gasteiger partial charge >= 0.3 is 6.18 Å². The normalized spacial score (nSPS) is 18.3. The van der Waals surface area contributed by atoms with Gasteiger partial charge in [-0.05, 0) is 51.6 Å². The van der Waals surface area contributed by atoms with E-state index in [0.717, 1.165) is 38.1 Å². The van der Waals surface area contributed by atoms with Crippen LogP contribution < -0.4 is 5.32 Å². The van der Waals surface area contributed by atoms with E-state index in [-0.39, 0.29) is 22.9 Å². The van der Waals surface area contributed by atoms with E-state index in [1.54, 1.807) is 6.92 Å². The summed E-state index contributed by atoms with van der Waals surface area (Å²) in [5, 5.41) is 26.5. The summed E-state index contributed by atoms with van der Waals surface area (Å²) in [6, 6.07) is 2.89. The summed E-state index contributed by atoms with van der Waals surface area (Å²) in [5.41, 5.74) is 0.124. The molecule has 1 aromatic carbocycles. The molecule has 3 heterocycles. The number of anilines is 1. The molecule has 4 rings (SSSR count). The zero-order valence-electron chi connectivity index (χ0n) is 15.9. The average molecular weight is 407 g/mol. The zero-order chi connectivity index (χ0) is 20.8. The Morgan fingerprint density at radius 1 is 1.28 bits per heavy atom. The number of aryl methyl sites for hydroxylation is 1. The summed E-state index contributed by atoms with van der Waals surface area (Å²) in [6.07, 6.45) is -2.51. The molecule has 29 heavy (non-hydrogen) atoms. The van der Waals surface area contributed by atoms with Gasteiger partial charge in [0.1, 0.15) is 11.4 Å². The maximum atomic E-state index is 12.9. The smallest absolute Gasteiger partial charge is 0.416 e. The third-order valence-electron chi connectivity index (χ3n) is 5.11. The van der Waals surface area contributed by atoms with Crippen LogP contribution in [0.25, 0.3) is 22.2 Å². The summed E-state index contributed by atoms with van der Waals surface area (Å²) in [5.74, 6) is -0.0479. The fourth-order valence-electron chi connectivity index (χ4n) is 3.67. The number of rotatable bonds is 3. The molecule has 10 heteroatoms. The zero-order valence-corrected chi connectivity index (χ0v) is 15.9. The number of likely N-dealkylation sites (tertiary alicyclic amines) is 1. The summed E-state index contributed by atoms with van der Waals surface area (Å²) < 4.78 is 44.0. The lowest BCUT2D eigenvalue weighted by molar-refractivity contribution is -0.137. The van der Waals surface area contributed by atoms with Crippen molar-refractivity contribution in [2.45, 2.75) is 32.0 Å². The van der Waals surface area contributed by atoms with Gasteiger partial charge in [0.15, 0.2) is 11.4 Å². The molecule has 1 saturated heterocycles. The first-order chi connectivity index (χ1) is 13.7. The molecule has 2 N–H and O–H groups in total. The number of benzene rings is 1. The molecule has 154 valence electrons. The molecule has 2 aromatic heterocycles. The molecule has 0 amide bonds. The van der Waals surface area contributed by atoms with Crippen LogP contribution in [0, 0.1) is 6.92 Å². The van der Waals surface area contributed by atoms with Crippen molar-refractivity contribution in [2.24, 2.45) is 0 Å². The predicted octanol–water partition coefficient (Wildman–Crippen LogP) is 3.82. The van der Waals surface area contributed by atoms with Crippen molar-refractivity contribution in [3.63, 3.8) is 0 Å². The number of hydrogen-bond donors (Lipinski definition) is 2. The number of phenols is 1. The third kappa shape index (κ3) is 3.71. The minimum atomic E-state index is -4.55. The number of nitrogens with zero attached hydrogens (tertiary/aromatic N) is 4. The first-order valence-electron chi connectivity index (χ1n) is 9.22. The Balaban J connectivity index is 1.74. The van der Waals surface area contributed by atoms with Gasteiger partial charge in [-0.15, -0.1) is 10.2 Å². The molecule has 0 unspecified atom stereocenters. The van der Waals surface area contributed by atoms with Crippen molar-refractivity contribution in [1.29, 1.82) is 0 Å². The summed E-state index contributed by atoms with van der Waals surface area (Å²) in [4.78, 5) is 2.22. The molecule has 1 fully saturated rings. The van der Waals surface area contributed by atoms with E-state index in [0.29, 0.717) is 23.0 Å². The van der Waals surface area contributed by atoms with E-state index < -0.39 is 17.5 Å². The van der Waals surface area contributed by atoms with E-state index in [4.69, 9.17) is 4.52 Å². The lowest BCUT2D eigenvalue weighted by atomic mass is 10.0. The standard InChI is InChI=1S/C19H20F3N5O2/c1-10-15-17(29-26-10)16(13-6-5-11(8-14(13)28)19(20,21)22)24-25-18(15)23-12-4-3-7-27(2)9-12/h5-6,8,12,28H,3-4,7,9H2,1-2H3,(H,23,25)/t12-/m1/s1. The third-order valence-corrected chi connectivity index (χ3v) is 5.11. The first kappa shape index (κ1) is 19.4. The van der Waals surface area contributed by atoms with Crippen molar-refractivity contribution >= 4 is 16.8 Å². The minimum absolute atomic E-state index is 0.0931. The highest BCUT2D eigenvalue weighted by Crippen LogP contribution is 2.39. The lowest BCUT2D eigenvalue weighted by Crippen LogP contribution is -2.40. The number of likely N-dealkylation sites (N-methyl/N-ethyl adjacent to an activating group) is 1. The Bertz CT molecular complexity index is 1050. The number of alkyl halides is 3. The van der Waals surface area contributed by atoms with Gasteiger partial charge in [0.2, 0.25) is 0 Å². The van der Waals surface area contributed by atoms with Crippen molar-refractivity contribution in [3.8, 4) is 17.0 Å². The quantitative estimate of drug-likeness (QED) is 0.682. The maximum absolute atomic E-state index is 12.9. The van der Waals surface area contributed by atoms with Crippen LogP contribution in [0.4, 0.5) is 19.0 Å². The Kier molecular flexibility index (Phi) is 4.81. The molecule has 3 aromatic rings. The van der Waals surface area contributed by atoms with Crippen molar-refractivity contribution in [3.05, 3.63) is 29.5 Å². The second-order valence-corrected chi connectivity index (χ2v) is 7.34. The molecule has 0 bridgehead atoms. The van der Waals surface area contributed by atoms with E-state index in [1.807, 2.05) is 0 Å². The van der Waals surface area contributed by atoms with Crippen LogP contribution in [0.15, 0.2) is 22.7 Å². The largest absolute Gasteiger partial charge is 0.507 e. The van der Waals surface area contributed by atoms with Crippen LogP contribution in [0.2, 0.25) is 0 Å². The minimum Gasteiger partial charge on any atom is -0.507 e. The average Bonchev–Trinajstić information content (AvgIpc) is 3.04. The van der Waals surface area contributed by atoms with Crippen molar-refractivity contribution < 1.29 is 22.8 Å². The number of halogens is 3. The second-order valence-electron chi connectivity index (χ2n) is 7.34. The molecular weight excluding hydrogens is 387 g/mol. The molecule has 1 aliphatic rings. The number of aromatic nitrogens is 3. The number of nitrogens with one attached hydrogen (secondary N) is 1. The summed E-state index contributed by atoms with van der Waals surface area (Å²) in [7, 11) is 2.05. The van der Waals surface area contributed by atoms with Crippen LogP contribution >= 0.6 is 0 Å². The predicted molar refractivity (Wildman–Crippen MR) is 101 cm³/mol. The van der Waals surface area contributed by atoms with Crippen LogP contribution in [-0.2, 0) is 6.18 Å². The summed E-state index contributed by atoms with van der Waals surface area (Å²) in [6.45, 7) is 3.65. The van der Waals surface area contributed by atoms with E-state index in [9.17, 15) is 18.3 Å². The molecule has 0 spiro atoms. The van der Waals surface area contributed by atoms with Gasteiger partial charge in [0.05, 0.1) is 16.6 Å². The topological polar surface area (TPSA) is 87.3 Å². The highest BCUT2D eigenvalue weighted by atomic mass is 19.4. The SMILES string of the molecule is Cc1noc2c(-c3ccc(C(F)(F)F)cc3O)nnc(N[C@@H]3CCCN(C)C3)c12. The van der Waals surface area contributed by atoms with E-state index >= 15 is 0 Å². The fraction of sp³-hybridized carbons (Fsp3) is 0.421. The highest BCUT2D eigenvalue weighted by Gasteiger charge is 2.32. The van der Waals surface area contributed by atoms with Crippen LogP contribution in [0.1, 0.15) is 24.1 Å². The van der Waals surface area contributed by atoms with Crippen LogP contribution in [0.5, 0.6) is 5.75 Å². The molecule has 0 radical (unpaired) electrons. The molecule has 0 aliphatic carbocycles. The highest BCUT2D eigenvalue weighted by molar-refractivity contribution is 5.98. The number of hydrogen-bond acceptors (Lipinski definition) is 7. The van der Waals surface area contributed by atoms with Gasteiger partial charge in [0.25, 0.3) is 0 Å². The van der Waals surface area contributed by atoms with Gasteiger partial charge < -0.3 is 19.8 Å². The van der Waals surface area contributed by atoms with Crippen molar-refractivity contribution in [1.82, 2.24) is 20.3 Å². The van der Waals surface area contributed by atoms with Gasteiger partial charge in [-0.3, -0.25) is 0 Å². The van der Waals surface area contributed by atoms with E-state index in [1.165, 1.54) is 0 Å². The Labute approximate surface area is 164 Å². The monoisotopic (exact) mass is 407 g/mol. The van der Waals surface area contributed by atoms with E-state index in [2.05, 4.69) is 32.6 Å². The number of aromatic hydroxyl groups is 1. The number of fused-ring (bicyclic) bond motifs is 1. The van der Waals surface area contributed by atoms with Crippen LogP contribution in [0.3, 0.4) is 0 Å². The van der Waals surface area contributed by atoms with Gasteiger partial charge in [-0.1, -0.05) is 5.16 Å². The Morgan fingerprint density at radius 3 is 2.76 bits per heavy atom. The molecule has 7 nitrogen and oxygen atoms in total.